The van der Waals surface area contributed by atoms with Gasteiger partial charge in [-0.3, -0.25) is 4.90 Å². The van der Waals surface area contributed by atoms with E-state index in [9.17, 15) is 8.78 Å². The highest BCUT2D eigenvalue weighted by Crippen LogP contribution is 2.32. The number of piperidine rings is 1. The van der Waals surface area contributed by atoms with Crippen LogP contribution in [0.15, 0.2) is 35.1 Å². The van der Waals surface area contributed by atoms with Crippen molar-refractivity contribution < 1.29 is 13.5 Å². The lowest BCUT2D eigenvalue weighted by Crippen LogP contribution is -2.62. The fourth-order valence-electron chi connectivity index (χ4n) is 4.06. The minimum Gasteiger partial charge on any atom is -0.488 e. The van der Waals surface area contributed by atoms with E-state index in [2.05, 4.69) is 42.6 Å². The molecule has 144 valence electrons. The number of anilines is 1. The molecule has 2 saturated heterocycles. The van der Waals surface area contributed by atoms with Crippen LogP contribution < -0.4 is 9.64 Å². The van der Waals surface area contributed by atoms with Crippen molar-refractivity contribution in [3.05, 3.63) is 46.7 Å². The molecule has 1 unspecified atom stereocenters. The van der Waals surface area contributed by atoms with E-state index in [-0.39, 0.29) is 18.0 Å². The van der Waals surface area contributed by atoms with Crippen LogP contribution >= 0.6 is 15.9 Å². The highest BCUT2D eigenvalue weighted by atomic mass is 79.9. The maximum Gasteiger partial charge on any atom is 0.225 e. The second-order valence-corrected chi connectivity index (χ2v) is 7.94. The summed E-state index contributed by atoms with van der Waals surface area (Å²) < 4.78 is 33.1. The molecule has 0 spiro atoms. The Morgan fingerprint density at radius 3 is 2.63 bits per heavy atom. The summed E-state index contributed by atoms with van der Waals surface area (Å²) in [4.78, 5) is 12.9. The monoisotopic (exact) mass is 438 g/mol. The molecular formula is C19H21BrF2N4O. The lowest BCUT2D eigenvalue weighted by atomic mass is 9.92. The first-order chi connectivity index (χ1) is 13.0. The van der Waals surface area contributed by atoms with Gasteiger partial charge in [0.25, 0.3) is 0 Å². The maximum absolute atomic E-state index is 13.3. The third kappa shape index (κ3) is 3.91. The molecule has 0 bridgehead atoms. The van der Waals surface area contributed by atoms with Crippen LogP contribution in [0.3, 0.4) is 0 Å². The van der Waals surface area contributed by atoms with Crippen LogP contribution in [0.25, 0.3) is 0 Å². The van der Waals surface area contributed by atoms with Gasteiger partial charge in [-0.1, -0.05) is 0 Å². The van der Waals surface area contributed by atoms with E-state index < -0.39 is 5.82 Å². The Bertz CT molecular complexity index is 807. The third-order valence-corrected chi connectivity index (χ3v) is 6.04. The molecule has 2 aromatic rings. The molecule has 0 saturated carbocycles. The number of benzene rings is 1. The number of rotatable bonds is 3. The van der Waals surface area contributed by atoms with Crippen molar-refractivity contribution in [1.29, 1.82) is 0 Å². The molecule has 5 nitrogen and oxygen atoms in total. The highest BCUT2D eigenvalue weighted by molar-refractivity contribution is 9.10. The number of piperazine rings is 1. The van der Waals surface area contributed by atoms with E-state index in [0.717, 1.165) is 32.5 Å². The highest BCUT2D eigenvalue weighted by Gasteiger charge is 2.39. The Morgan fingerprint density at radius 1 is 1.11 bits per heavy atom. The molecule has 3 heterocycles. The van der Waals surface area contributed by atoms with Crippen molar-refractivity contribution in [3.63, 3.8) is 0 Å². The Kier molecular flexibility index (Phi) is 5.27. The van der Waals surface area contributed by atoms with Gasteiger partial charge < -0.3 is 9.64 Å². The van der Waals surface area contributed by atoms with Crippen molar-refractivity contribution >= 4 is 21.9 Å². The van der Waals surface area contributed by atoms with Crippen molar-refractivity contribution in [2.24, 2.45) is 0 Å². The van der Waals surface area contributed by atoms with Gasteiger partial charge in [0.2, 0.25) is 5.95 Å². The summed E-state index contributed by atoms with van der Waals surface area (Å²) in [7, 11) is 0. The van der Waals surface area contributed by atoms with Crippen molar-refractivity contribution in [3.8, 4) is 5.75 Å². The van der Waals surface area contributed by atoms with E-state index in [1.54, 1.807) is 6.07 Å². The predicted octanol–water partition coefficient (Wildman–Crippen LogP) is 3.64. The minimum absolute atomic E-state index is 0.0730. The molecule has 0 amide bonds. The lowest BCUT2D eigenvalue weighted by molar-refractivity contribution is 0.0283. The zero-order valence-electron chi connectivity index (χ0n) is 15.0. The molecule has 2 aliphatic heterocycles. The van der Waals surface area contributed by atoms with Gasteiger partial charge >= 0.3 is 0 Å². The first kappa shape index (κ1) is 18.6. The van der Waals surface area contributed by atoms with E-state index in [1.807, 2.05) is 0 Å². The predicted molar refractivity (Wildman–Crippen MR) is 102 cm³/mol. The summed E-state index contributed by atoms with van der Waals surface area (Å²) in [5.41, 5.74) is 0. The fourth-order valence-corrected chi connectivity index (χ4v) is 4.51. The molecule has 0 radical (unpaired) electrons. The van der Waals surface area contributed by atoms with Crippen LogP contribution in [-0.4, -0.2) is 52.7 Å². The zero-order valence-corrected chi connectivity index (χ0v) is 16.6. The smallest absolute Gasteiger partial charge is 0.225 e. The lowest BCUT2D eigenvalue weighted by Gasteiger charge is -2.50. The standard InChI is InChI=1S/C19H21BrF2N4O/c1-12-17-4-3-15(27-18-5-2-13(21)8-16(18)20)11-25(17)6-7-26(12)19-23-9-14(22)10-24-19/h2,5,8-10,12,15,17H,3-4,6-7,11H2,1H3/t12?,15-,17-/m0/s1. The number of halogens is 3. The van der Waals surface area contributed by atoms with Gasteiger partial charge in [-0.2, -0.15) is 0 Å². The summed E-state index contributed by atoms with van der Waals surface area (Å²) >= 11 is 3.37. The van der Waals surface area contributed by atoms with E-state index in [0.29, 0.717) is 22.2 Å². The molecule has 3 atom stereocenters. The van der Waals surface area contributed by atoms with Gasteiger partial charge in [-0.25, -0.2) is 18.7 Å². The largest absolute Gasteiger partial charge is 0.488 e. The van der Waals surface area contributed by atoms with Gasteiger partial charge in [-0.15, -0.1) is 0 Å². The normalized spacial score (nSPS) is 25.9. The van der Waals surface area contributed by atoms with Crippen LogP contribution in [-0.2, 0) is 0 Å². The molecule has 1 aromatic carbocycles. The second-order valence-electron chi connectivity index (χ2n) is 7.09. The van der Waals surface area contributed by atoms with E-state index in [4.69, 9.17) is 4.74 Å². The van der Waals surface area contributed by atoms with Crippen molar-refractivity contribution in [2.75, 3.05) is 24.5 Å². The molecule has 2 fully saturated rings. The molecular weight excluding hydrogens is 418 g/mol. The van der Waals surface area contributed by atoms with Crippen LogP contribution in [0.4, 0.5) is 14.7 Å². The van der Waals surface area contributed by atoms with Crippen LogP contribution in [0.2, 0.25) is 0 Å². The average molecular weight is 439 g/mol. The second kappa shape index (κ2) is 7.67. The summed E-state index contributed by atoms with van der Waals surface area (Å²) in [5.74, 6) is 0.545. The van der Waals surface area contributed by atoms with Crippen molar-refractivity contribution in [2.45, 2.75) is 38.0 Å². The Balaban J connectivity index is 1.41. The Morgan fingerprint density at radius 2 is 1.89 bits per heavy atom. The number of hydrogen-bond donors (Lipinski definition) is 0. The Hall–Kier alpha value is -1.80. The molecule has 8 heteroatoms. The molecule has 4 rings (SSSR count). The van der Waals surface area contributed by atoms with Gasteiger partial charge in [-0.05, 0) is 53.9 Å². The molecule has 0 aliphatic carbocycles. The maximum atomic E-state index is 13.3. The van der Waals surface area contributed by atoms with Gasteiger partial charge in [0, 0.05) is 31.7 Å². The van der Waals surface area contributed by atoms with E-state index in [1.165, 1.54) is 24.5 Å². The first-order valence-electron chi connectivity index (χ1n) is 9.11. The topological polar surface area (TPSA) is 41.5 Å². The van der Waals surface area contributed by atoms with E-state index >= 15 is 0 Å². The summed E-state index contributed by atoms with van der Waals surface area (Å²) in [6.07, 6.45) is 4.42. The van der Waals surface area contributed by atoms with Gasteiger partial charge in [0.1, 0.15) is 17.7 Å². The minimum atomic E-state index is -0.422. The zero-order chi connectivity index (χ0) is 19.0. The fraction of sp³-hybridized carbons (Fsp3) is 0.474. The number of aromatic nitrogens is 2. The van der Waals surface area contributed by atoms with Crippen LogP contribution in [0, 0.1) is 11.6 Å². The van der Waals surface area contributed by atoms with Crippen molar-refractivity contribution in [1.82, 2.24) is 14.9 Å². The molecule has 27 heavy (non-hydrogen) atoms. The first-order valence-corrected chi connectivity index (χ1v) is 9.90. The number of nitrogens with zero attached hydrogens (tertiary/aromatic N) is 4. The van der Waals surface area contributed by atoms with Crippen LogP contribution in [0.5, 0.6) is 5.75 Å². The summed E-state index contributed by atoms with van der Waals surface area (Å²) in [6, 6.07) is 5.11. The summed E-state index contributed by atoms with van der Waals surface area (Å²) in [6.45, 7) is 4.66. The Labute approximate surface area is 165 Å². The third-order valence-electron chi connectivity index (χ3n) is 5.42. The quantitative estimate of drug-likeness (QED) is 0.731. The average Bonchev–Trinajstić information content (AvgIpc) is 2.65. The van der Waals surface area contributed by atoms with Gasteiger partial charge in [0.15, 0.2) is 5.82 Å². The van der Waals surface area contributed by atoms with Crippen LogP contribution in [0.1, 0.15) is 19.8 Å². The number of hydrogen-bond acceptors (Lipinski definition) is 5. The molecule has 0 N–H and O–H groups in total. The summed E-state index contributed by atoms with van der Waals surface area (Å²) in [5, 5.41) is 0. The SMILES string of the molecule is CC1[C@@H]2CC[C@H](Oc3ccc(F)cc3Br)CN2CCN1c1ncc(F)cn1. The number of ether oxygens (including phenoxy) is 1. The molecule has 1 aromatic heterocycles. The van der Waals surface area contributed by atoms with Gasteiger partial charge in [0.05, 0.1) is 16.9 Å². The molecule has 2 aliphatic rings. The number of fused-ring (bicyclic) bond motifs is 1.